The van der Waals surface area contributed by atoms with Crippen molar-refractivity contribution >= 4 is 39.4 Å². The van der Waals surface area contributed by atoms with Gasteiger partial charge in [-0.25, -0.2) is 9.69 Å². The van der Waals surface area contributed by atoms with Crippen molar-refractivity contribution in [2.24, 2.45) is 11.8 Å². The number of unbranched alkanes of at least 4 members (excludes halogenated alkanes) is 5. The minimum Gasteiger partial charge on any atom is -0.462 e. The Morgan fingerprint density at radius 2 is 1.41 bits per heavy atom. The number of rotatable bonds is 9. The molecule has 5 nitrogen and oxygen atoms in total. The summed E-state index contributed by atoms with van der Waals surface area (Å²) in [6, 6.07) is 22.9. The normalized spacial score (nSPS) is 24.4. The Kier molecular flexibility index (Phi) is 6.92. The molecule has 1 saturated heterocycles. The van der Waals surface area contributed by atoms with Crippen molar-refractivity contribution in [2.45, 2.75) is 55.7 Å². The predicted octanol–water partition coefficient (Wildman–Crippen LogP) is 7.11. The van der Waals surface area contributed by atoms with Gasteiger partial charge in [0.05, 0.1) is 34.0 Å². The van der Waals surface area contributed by atoms with Crippen LogP contribution in [0.15, 0.2) is 72.8 Å². The molecule has 1 aliphatic heterocycles. The maximum atomic E-state index is 14.0. The second kappa shape index (κ2) is 10.4. The summed E-state index contributed by atoms with van der Waals surface area (Å²) in [4.78, 5) is 41.9. The third-order valence-corrected chi connectivity index (χ3v) is 9.95. The molecule has 200 valence electrons. The van der Waals surface area contributed by atoms with E-state index >= 15 is 0 Å². The summed E-state index contributed by atoms with van der Waals surface area (Å²) in [6.07, 6.45) is 6.74. The minimum atomic E-state index is -0.776. The van der Waals surface area contributed by atoms with Crippen LogP contribution in [-0.2, 0) is 18.7 Å². The highest BCUT2D eigenvalue weighted by Gasteiger charge is 2.67. The second-order valence-electron chi connectivity index (χ2n) is 10.8. The van der Waals surface area contributed by atoms with Crippen LogP contribution in [0.4, 0.5) is 5.69 Å². The number of hydrogen-bond donors (Lipinski definition) is 0. The van der Waals surface area contributed by atoms with Crippen molar-refractivity contribution in [3.63, 3.8) is 0 Å². The minimum absolute atomic E-state index is 0.181. The fourth-order valence-corrected chi connectivity index (χ4v) is 8.01. The Balaban J connectivity index is 1.23. The first-order valence-electron chi connectivity index (χ1n) is 14.0. The Labute approximate surface area is 237 Å². The molecule has 2 bridgehead atoms. The summed E-state index contributed by atoms with van der Waals surface area (Å²) < 4.78 is 4.67. The third kappa shape index (κ3) is 4.07. The number of benzene rings is 3. The molecule has 1 fully saturated rings. The first-order valence-corrected chi connectivity index (χ1v) is 14.8. The molecule has 4 aliphatic rings. The summed E-state index contributed by atoms with van der Waals surface area (Å²) >= 11 is 4.02. The smallest absolute Gasteiger partial charge is 0.338 e. The maximum Gasteiger partial charge on any atom is 0.338 e. The van der Waals surface area contributed by atoms with E-state index in [0.29, 0.717) is 17.9 Å². The molecule has 0 N–H and O–H groups in total. The van der Waals surface area contributed by atoms with E-state index in [4.69, 9.17) is 4.74 Å². The van der Waals surface area contributed by atoms with Gasteiger partial charge in [0.25, 0.3) is 0 Å². The average Bonchev–Trinajstić information content (AvgIpc) is 3.23. The number of nitrogens with zero attached hydrogens (tertiary/aromatic N) is 1. The predicted molar refractivity (Wildman–Crippen MR) is 154 cm³/mol. The Hall–Kier alpha value is -3.25. The lowest BCUT2D eigenvalue weighted by Crippen LogP contribution is -2.50. The zero-order valence-corrected chi connectivity index (χ0v) is 23.7. The highest BCUT2D eigenvalue weighted by atomic mass is 79.9. The van der Waals surface area contributed by atoms with E-state index in [1.807, 2.05) is 24.3 Å². The fourth-order valence-electron chi connectivity index (χ4n) is 6.81. The van der Waals surface area contributed by atoms with Crippen molar-refractivity contribution < 1.29 is 19.1 Å². The van der Waals surface area contributed by atoms with Crippen LogP contribution in [-0.4, -0.2) is 24.4 Å². The van der Waals surface area contributed by atoms with Crippen LogP contribution < -0.4 is 4.90 Å². The van der Waals surface area contributed by atoms with Gasteiger partial charge in [-0.2, -0.15) is 0 Å². The second-order valence-corrected chi connectivity index (χ2v) is 12.1. The van der Waals surface area contributed by atoms with Crippen molar-refractivity contribution in [1.29, 1.82) is 0 Å². The summed E-state index contributed by atoms with van der Waals surface area (Å²) in [5, 5.41) is 0. The molecule has 7 rings (SSSR count). The van der Waals surface area contributed by atoms with Crippen LogP contribution >= 0.6 is 15.9 Å². The Bertz CT molecular complexity index is 1380. The van der Waals surface area contributed by atoms with E-state index in [9.17, 15) is 14.4 Å². The number of carbonyl (C=O) groups is 3. The lowest BCUT2D eigenvalue weighted by atomic mass is 9.55. The largest absolute Gasteiger partial charge is 0.462 e. The molecule has 2 atom stereocenters. The third-order valence-electron chi connectivity index (χ3n) is 8.61. The number of carbonyl (C=O) groups excluding carboxylic acids is 3. The van der Waals surface area contributed by atoms with Crippen LogP contribution in [0, 0.1) is 11.8 Å². The lowest BCUT2D eigenvalue weighted by molar-refractivity contribution is -0.122. The Morgan fingerprint density at radius 1 is 0.821 bits per heavy atom. The van der Waals surface area contributed by atoms with E-state index in [1.165, 1.54) is 24.2 Å². The fraction of sp³-hybridized carbons (Fsp3) is 0.364. The van der Waals surface area contributed by atoms with Gasteiger partial charge >= 0.3 is 5.97 Å². The molecule has 6 heteroatoms. The summed E-state index contributed by atoms with van der Waals surface area (Å²) in [6.45, 7) is 2.59. The molecule has 3 aliphatic carbocycles. The number of alkyl halides is 1. The van der Waals surface area contributed by atoms with Gasteiger partial charge < -0.3 is 4.74 Å². The molecule has 39 heavy (non-hydrogen) atoms. The molecule has 2 amide bonds. The standard InChI is InChI=1S/C33H32BrNO4/c1-2-3-4-5-6-11-20-39-32(38)21-16-18-22(19-17-21)35-30(36)28-27-23-12-7-9-14-25(23)33(34,29(28)31(35)37)26-15-10-8-13-24(26)27/h7-10,12-19,27-29H,2-6,11,20H2,1H3/t27?,28-,29-,33?/m1/s1. The molecule has 0 spiro atoms. The van der Waals surface area contributed by atoms with Gasteiger partial charge in [0.1, 0.15) is 0 Å². The zero-order chi connectivity index (χ0) is 27.1. The van der Waals surface area contributed by atoms with Gasteiger partial charge in [0.15, 0.2) is 0 Å². The number of anilines is 1. The quantitative estimate of drug-likeness (QED) is 0.116. The van der Waals surface area contributed by atoms with E-state index in [0.717, 1.165) is 41.5 Å². The molecule has 0 aromatic heterocycles. The average molecular weight is 587 g/mol. The summed E-state index contributed by atoms with van der Waals surface area (Å²) in [5.74, 6) is -2.02. The summed E-state index contributed by atoms with van der Waals surface area (Å²) in [7, 11) is 0. The molecule has 3 aromatic carbocycles. The highest BCUT2D eigenvalue weighted by molar-refractivity contribution is 9.09. The van der Waals surface area contributed by atoms with Crippen LogP contribution in [0.5, 0.6) is 0 Å². The lowest BCUT2D eigenvalue weighted by Gasteiger charge is -2.51. The topological polar surface area (TPSA) is 63.7 Å². The zero-order valence-electron chi connectivity index (χ0n) is 22.1. The highest BCUT2D eigenvalue weighted by Crippen LogP contribution is 2.66. The monoisotopic (exact) mass is 585 g/mol. The molecular weight excluding hydrogens is 554 g/mol. The van der Waals surface area contributed by atoms with E-state index < -0.39 is 16.2 Å². The summed E-state index contributed by atoms with van der Waals surface area (Å²) in [5.41, 5.74) is 5.21. The molecule has 1 heterocycles. The number of esters is 1. The van der Waals surface area contributed by atoms with Crippen molar-refractivity contribution in [2.75, 3.05) is 11.5 Å². The molecule has 0 radical (unpaired) electrons. The van der Waals surface area contributed by atoms with Gasteiger partial charge in [0, 0.05) is 5.92 Å². The number of hydrogen-bond acceptors (Lipinski definition) is 4. The van der Waals surface area contributed by atoms with E-state index in [1.54, 1.807) is 24.3 Å². The van der Waals surface area contributed by atoms with Gasteiger partial charge in [-0.15, -0.1) is 0 Å². The molecular formula is C33H32BrNO4. The van der Waals surface area contributed by atoms with Gasteiger partial charge in [-0.1, -0.05) is 103 Å². The van der Waals surface area contributed by atoms with E-state index in [2.05, 4.69) is 47.1 Å². The SMILES string of the molecule is CCCCCCCCOC(=O)c1ccc(N2C(=O)[C@@H]3C4c5ccccc5C(Br)(c5ccccc54)[C@H]3C2=O)cc1. The van der Waals surface area contributed by atoms with Gasteiger partial charge in [0.2, 0.25) is 11.8 Å². The number of imide groups is 1. The van der Waals surface area contributed by atoms with Gasteiger partial charge in [-0.05, 0) is 52.9 Å². The number of ether oxygens (including phenoxy) is 1. The van der Waals surface area contributed by atoms with Crippen molar-refractivity contribution in [1.82, 2.24) is 0 Å². The molecule has 0 unspecified atom stereocenters. The maximum absolute atomic E-state index is 14.0. The van der Waals surface area contributed by atoms with Crippen LogP contribution in [0.1, 0.15) is 84.0 Å². The van der Waals surface area contributed by atoms with Crippen molar-refractivity contribution in [3.8, 4) is 0 Å². The van der Waals surface area contributed by atoms with Crippen molar-refractivity contribution in [3.05, 3.63) is 101 Å². The first-order chi connectivity index (χ1) is 19.0. The van der Waals surface area contributed by atoms with Crippen LogP contribution in [0.2, 0.25) is 0 Å². The molecule has 3 aromatic rings. The van der Waals surface area contributed by atoms with Gasteiger partial charge in [-0.3, -0.25) is 9.59 Å². The van der Waals surface area contributed by atoms with E-state index in [-0.39, 0.29) is 23.7 Å². The molecule has 0 saturated carbocycles. The Morgan fingerprint density at radius 3 is 2.05 bits per heavy atom. The number of halogens is 1. The number of amides is 2. The van der Waals surface area contributed by atoms with Crippen LogP contribution in [0.3, 0.4) is 0 Å². The van der Waals surface area contributed by atoms with Crippen LogP contribution in [0.25, 0.3) is 0 Å². The first kappa shape index (κ1) is 26.0.